The number of hydrogen-bond donors (Lipinski definition) is 0. The third kappa shape index (κ3) is 2.16. The molecule has 0 aromatic carbocycles. The highest BCUT2D eigenvalue weighted by Crippen LogP contribution is 2.33. The summed E-state index contributed by atoms with van der Waals surface area (Å²) in [5.41, 5.74) is 0.506. The molecule has 98 valence electrons. The minimum Gasteiger partial charge on any atom is -0.472 e. The Labute approximate surface area is 106 Å². The number of carbonyl (C=O) groups excluding carboxylic acids is 1. The largest absolute Gasteiger partial charge is 0.472 e. The molecule has 2 aliphatic rings. The highest BCUT2D eigenvalue weighted by molar-refractivity contribution is 7.91. The number of carbonyl (C=O) groups is 1. The van der Waals surface area contributed by atoms with E-state index in [1.807, 2.05) is 0 Å². The molecule has 1 aliphatic heterocycles. The first-order chi connectivity index (χ1) is 8.57. The molecule has 0 spiro atoms. The maximum absolute atomic E-state index is 12.4. The van der Waals surface area contributed by atoms with Crippen LogP contribution in [0.15, 0.2) is 23.0 Å². The zero-order chi connectivity index (χ0) is 12.8. The summed E-state index contributed by atoms with van der Waals surface area (Å²) < 4.78 is 28.0. The molecule has 1 aromatic heterocycles. The molecule has 1 atom stereocenters. The minimum absolute atomic E-state index is 0.103. The fourth-order valence-corrected chi connectivity index (χ4v) is 4.22. The van der Waals surface area contributed by atoms with Crippen molar-refractivity contribution in [2.45, 2.75) is 31.3 Å². The van der Waals surface area contributed by atoms with Crippen molar-refractivity contribution in [3.63, 3.8) is 0 Å². The van der Waals surface area contributed by atoms with E-state index in [9.17, 15) is 13.2 Å². The summed E-state index contributed by atoms with van der Waals surface area (Å²) in [6.07, 6.45) is 5.38. The molecule has 1 saturated carbocycles. The van der Waals surface area contributed by atoms with Crippen LogP contribution in [0, 0.1) is 0 Å². The molecule has 0 N–H and O–H groups in total. The Balaban J connectivity index is 1.83. The maximum atomic E-state index is 12.4. The van der Waals surface area contributed by atoms with Crippen LogP contribution < -0.4 is 0 Å². The summed E-state index contributed by atoms with van der Waals surface area (Å²) in [6.45, 7) is 0. The predicted molar refractivity (Wildman–Crippen MR) is 65.0 cm³/mol. The lowest BCUT2D eigenvalue weighted by atomic mass is 10.2. The molecule has 1 aromatic rings. The van der Waals surface area contributed by atoms with Crippen LogP contribution in [0.4, 0.5) is 0 Å². The second-order valence-electron chi connectivity index (χ2n) is 5.01. The topological polar surface area (TPSA) is 67.6 Å². The molecule has 18 heavy (non-hydrogen) atoms. The molecule has 6 heteroatoms. The minimum atomic E-state index is -2.97. The van der Waals surface area contributed by atoms with E-state index >= 15 is 0 Å². The van der Waals surface area contributed by atoms with Crippen LogP contribution in [0.25, 0.3) is 0 Å². The van der Waals surface area contributed by atoms with Gasteiger partial charge in [0.05, 0.1) is 23.3 Å². The van der Waals surface area contributed by atoms with E-state index in [-0.39, 0.29) is 29.5 Å². The Morgan fingerprint density at radius 2 is 2.06 bits per heavy atom. The van der Waals surface area contributed by atoms with Crippen LogP contribution in [0.2, 0.25) is 0 Å². The average molecular weight is 269 g/mol. The third-order valence-electron chi connectivity index (χ3n) is 3.54. The standard InChI is InChI=1S/C12H15NO4S/c14-12(9-3-5-17-7-9)13(10-1-2-10)11-4-6-18(15,16)8-11/h3,5,7,10-11H,1-2,4,6,8H2. The molecule has 0 bridgehead atoms. The SMILES string of the molecule is O=C(c1ccoc1)N(C1CC1)C1CCS(=O)(=O)C1. The molecule has 1 aliphatic carbocycles. The summed E-state index contributed by atoms with van der Waals surface area (Å²) >= 11 is 0. The smallest absolute Gasteiger partial charge is 0.257 e. The molecule has 5 nitrogen and oxygen atoms in total. The molecule has 1 amide bonds. The Hall–Kier alpha value is -1.30. The molecular weight excluding hydrogens is 254 g/mol. The van der Waals surface area contributed by atoms with Gasteiger partial charge in [-0.25, -0.2) is 8.42 Å². The Bertz CT molecular complexity index is 545. The van der Waals surface area contributed by atoms with Crippen molar-refractivity contribution < 1.29 is 17.6 Å². The first kappa shape index (κ1) is 11.8. The monoisotopic (exact) mass is 269 g/mol. The van der Waals surface area contributed by atoms with E-state index < -0.39 is 9.84 Å². The van der Waals surface area contributed by atoms with Crippen LogP contribution in [0.3, 0.4) is 0 Å². The lowest BCUT2D eigenvalue weighted by Gasteiger charge is -2.27. The van der Waals surface area contributed by atoms with E-state index in [1.165, 1.54) is 12.5 Å². The molecule has 2 fully saturated rings. The highest BCUT2D eigenvalue weighted by Gasteiger charge is 2.42. The van der Waals surface area contributed by atoms with Crippen molar-refractivity contribution in [3.8, 4) is 0 Å². The number of rotatable bonds is 3. The van der Waals surface area contributed by atoms with Crippen LogP contribution in [-0.4, -0.2) is 42.8 Å². The van der Waals surface area contributed by atoms with Crippen LogP contribution in [0.5, 0.6) is 0 Å². The summed E-state index contributed by atoms with van der Waals surface area (Å²) in [4.78, 5) is 14.1. The summed E-state index contributed by atoms with van der Waals surface area (Å²) in [6, 6.07) is 1.68. The fourth-order valence-electron chi connectivity index (χ4n) is 2.51. The second kappa shape index (κ2) is 4.12. The van der Waals surface area contributed by atoms with E-state index in [1.54, 1.807) is 11.0 Å². The molecule has 3 rings (SSSR count). The average Bonchev–Trinajstić information content (AvgIpc) is 2.87. The Morgan fingerprint density at radius 3 is 2.56 bits per heavy atom. The number of amides is 1. The van der Waals surface area contributed by atoms with Gasteiger partial charge in [-0.2, -0.15) is 0 Å². The van der Waals surface area contributed by atoms with Gasteiger partial charge in [0.1, 0.15) is 6.26 Å². The van der Waals surface area contributed by atoms with Crippen LogP contribution >= 0.6 is 0 Å². The van der Waals surface area contributed by atoms with Crippen LogP contribution in [0.1, 0.15) is 29.6 Å². The zero-order valence-electron chi connectivity index (χ0n) is 9.91. The molecular formula is C12H15NO4S. The summed E-state index contributed by atoms with van der Waals surface area (Å²) in [7, 11) is -2.97. The quantitative estimate of drug-likeness (QED) is 0.823. The fraction of sp³-hybridized carbons (Fsp3) is 0.583. The Kier molecular flexibility index (Phi) is 2.69. The van der Waals surface area contributed by atoms with Crippen molar-refractivity contribution >= 4 is 15.7 Å². The normalized spacial score (nSPS) is 26.1. The van der Waals surface area contributed by atoms with Gasteiger partial charge in [0.25, 0.3) is 5.91 Å². The first-order valence-corrected chi connectivity index (χ1v) is 7.94. The van der Waals surface area contributed by atoms with Gasteiger partial charge in [0, 0.05) is 12.1 Å². The van der Waals surface area contributed by atoms with Gasteiger partial charge in [0.2, 0.25) is 0 Å². The molecule has 0 radical (unpaired) electrons. The van der Waals surface area contributed by atoms with Gasteiger partial charge >= 0.3 is 0 Å². The second-order valence-corrected chi connectivity index (χ2v) is 7.24. The van der Waals surface area contributed by atoms with Gasteiger partial charge in [-0.15, -0.1) is 0 Å². The van der Waals surface area contributed by atoms with E-state index in [2.05, 4.69) is 0 Å². The first-order valence-electron chi connectivity index (χ1n) is 6.12. The molecule has 1 saturated heterocycles. The van der Waals surface area contributed by atoms with Crippen molar-refractivity contribution in [2.24, 2.45) is 0 Å². The van der Waals surface area contributed by atoms with Crippen molar-refractivity contribution in [3.05, 3.63) is 24.2 Å². The molecule has 2 heterocycles. The van der Waals surface area contributed by atoms with Gasteiger partial charge in [-0.3, -0.25) is 4.79 Å². The number of sulfone groups is 1. The van der Waals surface area contributed by atoms with Gasteiger partial charge in [0.15, 0.2) is 9.84 Å². The lowest BCUT2D eigenvalue weighted by molar-refractivity contribution is 0.0680. The van der Waals surface area contributed by atoms with E-state index in [0.717, 1.165) is 12.8 Å². The van der Waals surface area contributed by atoms with Gasteiger partial charge in [-0.05, 0) is 25.3 Å². The number of nitrogens with zero attached hydrogens (tertiary/aromatic N) is 1. The van der Waals surface area contributed by atoms with Crippen molar-refractivity contribution in [1.29, 1.82) is 0 Å². The predicted octanol–water partition coefficient (Wildman–Crippen LogP) is 1.07. The maximum Gasteiger partial charge on any atom is 0.257 e. The highest BCUT2D eigenvalue weighted by atomic mass is 32.2. The molecule has 1 unspecified atom stereocenters. The number of hydrogen-bond acceptors (Lipinski definition) is 4. The van der Waals surface area contributed by atoms with Gasteiger partial charge < -0.3 is 9.32 Å². The Morgan fingerprint density at radius 1 is 1.28 bits per heavy atom. The third-order valence-corrected chi connectivity index (χ3v) is 5.30. The summed E-state index contributed by atoms with van der Waals surface area (Å²) in [5.74, 6) is 0.195. The van der Waals surface area contributed by atoms with Crippen molar-refractivity contribution in [1.82, 2.24) is 4.90 Å². The lowest BCUT2D eigenvalue weighted by Crippen LogP contribution is -2.42. The summed E-state index contributed by atoms with van der Waals surface area (Å²) in [5, 5.41) is 0. The zero-order valence-corrected chi connectivity index (χ0v) is 10.7. The van der Waals surface area contributed by atoms with Crippen LogP contribution in [-0.2, 0) is 9.84 Å². The van der Waals surface area contributed by atoms with Gasteiger partial charge in [-0.1, -0.05) is 0 Å². The van der Waals surface area contributed by atoms with E-state index in [0.29, 0.717) is 12.0 Å². The van der Waals surface area contributed by atoms with E-state index in [4.69, 9.17) is 4.42 Å². The number of furan rings is 1. The van der Waals surface area contributed by atoms with Crippen molar-refractivity contribution in [2.75, 3.05) is 11.5 Å².